The van der Waals surface area contributed by atoms with Crippen LogP contribution in [0.2, 0.25) is 0 Å². The fraction of sp³-hybridized carbons (Fsp3) is 0.111. The Morgan fingerprint density at radius 2 is 0.917 bits per heavy atom. The molecule has 4 N–H and O–H groups in total. The second kappa shape index (κ2) is 16.1. The van der Waals surface area contributed by atoms with Gasteiger partial charge in [0, 0.05) is 0 Å². The third-order valence-electron chi connectivity index (χ3n) is 4.51. The average Bonchev–Trinajstić information content (AvgIpc) is 2.90. The third-order valence-corrected chi connectivity index (χ3v) is 5.55. The summed E-state index contributed by atoms with van der Waals surface area (Å²) >= 11 is 0. The van der Waals surface area contributed by atoms with E-state index in [4.69, 9.17) is 19.6 Å². The van der Waals surface area contributed by atoms with Crippen LogP contribution < -0.4 is 0 Å². The van der Waals surface area contributed by atoms with E-state index in [0.717, 1.165) is 0 Å². The first-order chi connectivity index (χ1) is 17.2. The lowest BCUT2D eigenvalue weighted by molar-refractivity contribution is 0.101. The zero-order chi connectivity index (χ0) is 26.2. The molecule has 0 fully saturated rings. The summed E-state index contributed by atoms with van der Waals surface area (Å²) in [5, 5.41) is 0. The Balaban J connectivity index is 0.000000190. The van der Waals surface area contributed by atoms with Crippen LogP contribution in [0.3, 0.4) is 0 Å². The van der Waals surface area contributed by atoms with Gasteiger partial charge in [-0.1, -0.05) is 121 Å². The second-order valence-corrected chi connectivity index (χ2v) is 9.37. The topological polar surface area (TPSA) is 116 Å². The second-order valence-electron chi connectivity index (χ2n) is 7.42. The number of benzene rings is 4. The predicted octanol–water partition coefficient (Wildman–Crippen LogP) is 6.42. The van der Waals surface area contributed by atoms with Crippen LogP contribution in [0.4, 0.5) is 0 Å². The molecular weight excluding hydrogens is 498 g/mol. The summed E-state index contributed by atoms with van der Waals surface area (Å²) in [4.78, 5) is 33.0. The van der Waals surface area contributed by atoms with Gasteiger partial charge < -0.3 is 24.1 Å². The molecule has 9 heteroatoms. The van der Waals surface area contributed by atoms with Gasteiger partial charge >= 0.3 is 16.4 Å². The minimum Gasteiger partial charge on any atom is -0.328 e. The molecule has 4 rings (SSSR count). The molecule has 0 spiro atoms. The molecule has 0 saturated carbocycles. The summed E-state index contributed by atoms with van der Waals surface area (Å²) in [6.45, 7) is 0.988. The maximum absolute atomic E-state index is 10.1. The summed E-state index contributed by atoms with van der Waals surface area (Å²) in [5.41, 5.74) is 5.10. The molecule has 4 aromatic carbocycles. The minimum absolute atomic E-state index is 0.399. The van der Waals surface area contributed by atoms with E-state index in [1.807, 2.05) is 24.3 Å². The molecule has 36 heavy (non-hydrogen) atoms. The van der Waals surface area contributed by atoms with E-state index in [0.29, 0.717) is 0 Å². The van der Waals surface area contributed by atoms with Gasteiger partial charge in [-0.2, -0.15) is 0 Å². The van der Waals surface area contributed by atoms with Crippen molar-refractivity contribution in [3.8, 4) is 22.3 Å². The van der Waals surface area contributed by atoms with Crippen LogP contribution in [0.5, 0.6) is 0 Å². The van der Waals surface area contributed by atoms with Crippen molar-refractivity contribution in [2.45, 2.75) is 13.0 Å². The van der Waals surface area contributed by atoms with Gasteiger partial charge in [-0.3, -0.25) is 4.52 Å². The van der Waals surface area contributed by atoms with Crippen molar-refractivity contribution in [2.24, 2.45) is 0 Å². The molecule has 4 aromatic rings. The van der Waals surface area contributed by atoms with Crippen LogP contribution in [-0.2, 0) is 13.6 Å². The third kappa shape index (κ3) is 12.8. The van der Waals surface area contributed by atoms with E-state index >= 15 is 0 Å². The first kappa shape index (κ1) is 29.5. The van der Waals surface area contributed by atoms with Crippen molar-refractivity contribution in [1.29, 1.82) is 0 Å². The SMILES string of the molecule is CC(COP(=O)(O)O)OP(O)O.c1ccc(-c2ccccc2)cc1.c1ccc(-c2ccccc2)cc1. The average molecular weight is 528 g/mol. The number of phosphoric ester groups is 1. The van der Waals surface area contributed by atoms with Crippen LogP contribution in [-0.4, -0.2) is 32.3 Å². The fourth-order valence-electron chi connectivity index (χ4n) is 2.92. The molecule has 1 unspecified atom stereocenters. The highest BCUT2D eigenvalue weighted by Gasteiger charge is 2.17. The Kier molecular flexibility index (Phi) is 13.2. The van der Waals surface area contributed by atoms with Gasteiger partial charge in [-0.15, -0.1) is 0 Å². The summed E-state index contributed by atoms with van der Waals surface area (Å²) < 4.78 is 18.5. The zero-order valence-corrected chi connectivity index (χ0v) is 21.5. The van der Waals surface area contributed by atoms with Gasteiger partial charge in [0.2, 0.25) is 0 Å². The quantitative estimate of drug-likeness (QED) is 0.205. The van der Waals surface area contributed by atoms with Gasteiger partial charge in [0.1, 0.15) is 0 Å². The van der Waals surface area contributed by atoms with Crippen molar-refractivity contribution in [3.63, 3.8) is 0 Å². The molecule has 0 aliphatic rings. The number of hydrogen-bond acceptors (Lipinski definition) is 5. The molecule has 0 bridgehead atoms. The predicted molar refractivity (Wildman–Crippen MR) is 144 cm³/mol. The lowest BCUT2D eigenvalue weighted by atomic mass is 10.1. The highest BCUT2D eigenvalue weighted by molar-refractivity contribution is 7.46. The molecule has 0 aromatic heterocycles. The molecule has 7 nitrogen and oxygen atoms in total. The van der Waals surface area contributed by atoms with Crippen molar-refractivity contribution in [1.82, 2.24) is 0 Å². The van der Waals surface area contributed by atoms with E-state index in [1.54, 1.807) is 0 Å². The van der Waals surface area contributed by atoms with Crippen LogP contribution in [0, 0.1) is 0 Å². The van der Waals surface area contributed by atoms with Gasteiger partial charge in [-0.25, -0.2) is 4.57 Å². The number of rotatable bonds is 7. The van der Waals surface area contributed by atoms with E-state index in [1.165, 1.54) is 29.2 Å². The zero-order valence-electron chi connectivity index (χ0n) is 19.7. The van der Waals surface area contributed by atoms with Crippen molar-refractivity contribution in [2.75, 3.05) is 6.61 Å². The monoisotopic (exact) mass is 528 g/mol. The molecule has 0 amide bonds. The largest absolute Gasteiger partial charge is 0.469 e. The molecule has 1 atom stereocenters. The van der Waals surface area contributed by atoms with Crippen molar-refractivity contribution in [3.05, 3.63) is 121 Å². The van der Waals surface area contributed by atoms with Gasteiger partial charge in [0.25, 0.3) is 0 Å². The Bertz CT molecular complexity index is 990. The van der Waals surface area contributed by atoms with Crippen molar-refractivity contribution < 1.29 is 33.2 Å². The highest BCUT2D eigenvalue weighted by atomic mass is 31.2. The Morgan fingerprint density at radius 3 is 1.14 bits per heavy atom. The maximum atomic E-state index is 10.1. The standard InChI is InChI=1S/2C12H10.C3H10O7P2/c2*1-3-7-11(8-4-1)12-9-5-2-6-10-12;1-3(10-11(4)5)2-9-12(6,7)8/h2*1-10H;3-5H,2H2,1H3,(H2,6,7,8). The van der Waals surface area contributed by atoms with Crippen LogP contribution in [0.25, 0.3) is 22.3 Å². The van der Waals surface area contributed by atoms with Gasteiger partial charge in [0.05, 0.1) is 12.7 Å². The smallest absolute Gasteiger partial charge is 0.328 e. The first-order valence-corrected chi connectivity index (χ1v) is 13.7. The molecule has 0 heterocycles. The summed E-state index contributed by atoms with van der Waals surface area (Å²) in [6, 6.07) is 41.6. The highest BCUT2D eigenvalue weighted by Crippen LogP contribution is 2.37. The van der Waals surface area contributed by atoms with E-state index in [-0.39, 0.29) is 0 Å². The molecule has 0 aliphatic carbocycles. The molecule has 0 aliphatic heterocycles. The summed E-state index contributed by atoms with van der Waals surface area (Å²) in [5.74, 6) is 0. The molecular formula is C27H30O7P2. The lowest BCUT2D eigenvalue weighted by Crippen LogP contribution is -2.12. The van der Waals surface area contributed by atoms with Crippen LogP contribution in [0.15, 0.2) is 121 Å². The van der Waals surface area contributed by atoms with E-state index in [2.05, 4.69) is 106 Å². The van der Waals surface area contributed by atoms with E-state index in [9.17, 15) is 4.57 Å². The summed E-state index contributed by atoms with van der Waals surface area (Å²) in [6.07, 6.45) is -0.779. The minimum atomic E-state index is -4.50. The lowest BCUT2D eigenvalue weighted by Gasteiger charge is -2.13. The van der Waals surface area contributed by atoms with Crippen LogP contribution in [0.1, 0.15) is 6.92 Å². The Labute approximate surface area is 212 Å². The van der Waals surface area contributed by atoms with Crippen LogP contribution >= 0.6 is 16.4 Å². The molecule has 0 radical (unpaired) electrons. The Hall–Kier alpha value is -2.70. The number of hydrogen-bond donors (Lipinski definition) is 4. The van der Waals surface area contributed by atoms with E-state index < -0.39 is 29.1 Å². The fourth-order valence-corrected chi connectivity index (χ4v) is 3.70. The Morgan fingerprint density at radius 1 is 0.639 bits per heavy atom. The molecule has 0 saturated heterocycles. The van der Waals surface area contributed by atoms with Crippen molar-refractivity contribution >= 4 is 16.4 Å². The number of phosphoric acid groups is 1. The summed E-state index contributed by atoms with van der Waals surface area (Å²) in [7, 11) is -7.02. The normalized spacial score (nSPS) is 11.5. The van der Waals surface area contributed by atoms with Gasteiger partial charge in [0.15, 0.2) is 0 Å². The molecule has 190 valence electrons. The maximum Gasteiger partial charge on any atom is 0.469 e. The van der Waals surface area contributed by atoms with Gasteiger partial charge in [-0.05, 0) is 29.2 Å². The first-order valence-electron chi connectivity index (χ1n) is 11.0.